The number of aryl methyl sites for hydroxylation is 1. The van der Waals surface area contributed by atoms with Gasteiger partial charge >= 0.3 is 0 Å². The number of rotatable bonds is 5. The third-order valence-electron chi connectivity index (χ3n) is 4.95. The monoisotopic (exact) mass is 429 g/mol. The Balaban J connectivity index is 1.33. The van der Waals surface area contributed by atoms with Crippen molar-refractivity contribution in [2.45, 2.75) is 33.2 Å². The van der Waals surface area contributed by atoms with Crippen LogP contribution in [0.25, 0.3) is 10.2 Å². The van der Waals surface area contributed by atoms with Gasteiger partial charge in [-0.15, -0.1) is 11.3 Å². The number of aromatic nitrogens is 2. The number of nitrogens with one attached hydrogen (secondary N) is 2. The SMILES string of the molecule is CC(=O)Nc1nc2ccc(NC(=O)C3CCN(Cc4csc(C)n4)CC3)cc2s1. The first kappa shape index (κ1) is 19.9. The zero-order chi connectivity index (χ0) is 20.4. The third kappa shape index (κ3) is 4.98. The number of likely N-dealkylation sites (tertiary alicyclic amines) is 1. The van der Waals surface area contributed by atoms with Gasteiger partial charge in [0, 0.05) is 30.5 Å². The maximum absolute atomic E-state index is 12.7. The van der Waals surface area contributed by atoms with E-state index in [1.54, 1.807) is 11.3 Å². The molecule has 2 aromatic heterocycles. The molecular weight excluding hydrogens is 406 g/mol. The van der Waals surface area contributed by atoms with E-state index in [0.717, 1.165) is 59.1 Å². The van der Waals surface area contributed by atoms with Crippen molar-refractivity contribution in [1.29, 1.82) is 0 Å². The predicted octanol–water partition coefficient (Wildman–Crippen LogP) is 3.87. The second kappa shape index (κ2) is 8.56. The van der Waals surface area contributed by atoms with Gasteiger partial charge in [-0.25, -0.2) is 9.97 Å². The predicted molar refractivity (Wildman–Crippen MR) is 117 cm³/mol. The largest absolute Gasteiger partial charge is 0.326 e. The zero-order valence-corrected chi connectivity index (χ0v) is 18.0. The van der Waals surface area contributed by atoms with Gasteiger partial charge in [0.15, 0.2) is 5.13 Å². The minimum absolute atomic E-state index is 0.0236. The molecule has 29 heavy (non-hydrogen) atoms. The Morgan fingerprint density at radius 3 is 2.69 bits per heavy atom. The van der Waals surface area contributed by atoms with Crippen molar-refractivity contribution in [2.75, 3.05) is 23.7 Å². The Hall–Kier alpha value is -2.36. The summed E-state index contributed by atoms with van der Waals surface area (Å²) in [6.45, 7) is 6.15. The van der Waals surface area contributed by atoms with Crippen LogP contribution in [0, 0.1) is 12.8 Å². The summed E-state index contributed by atoms with van der Waals surface area (Å²) in [5.41, 5.74) is 2.69. The van der Waals surface area contributed by atoms with Crippen molar-refractivity contribution in [3.05, 3.63) is 34.3 Å². The van der Waals surface area contributed by atoms with Crippen LogP contribution in [0.5, 0.6) is 0 Å². The van der Waals surface area contributed by atoms with Crippen molar-refractivity contribution < 1.29 is 9.59 Å². The first-order valence-electron chi connectivity index (χ1n) is 9.58. The molecule has 0 bridgehead atoms. The summed E-state index contributed by atoms with van der Waals surface area (Å²) in [5, 5.41) is 9.52. The summed E-state index contributed by atoms with van der Waals surface area (Å²) < 4.78 is 0.930. The van der Waals surface area contributed by atoms with Crippen molar-refractivity contribution in [3.63, 3.8) is 0 Å². The van der Waals surface area contributed by atoms with Crippen LogP contribution in [-0.2, 0) is 16.1 Å². The van der Waals surface area contributed by atoms with Gasteiger partial charge in [-0.2, -0.15) is 0 Å². The van der Waals surface area contributed by atoms with Gasteiger partial charge in [0.25, 0.3) is 0 Å². The molecule has 0 atom stereocenters. The van der Waals surface area contributed by atoms with E-state index in [0.29, 0.717) is 5.13 Å². The average Bonchev–Trinajstić information content (AvgIpc) is 3.26. The Bertz CT molecular complexity index is 1040. The average molecular weight is 430 g/mol. The van der Waals surface area contributed by atoms with E-state index in [-0.39, 0.29) is 17.7 Å². The molecule has 9 heteroatoms. The van der Waals surface area contributed by atoms with Crippen molar-refractivity contribution in [2.24, 2.45) is 5.92 Å². The molecule has 4 rings (SSSR count). The molecule has 0 saturated carbocycles. The molecule has 1 aliphatic rings. The zero-order valence-electron chi connectivity index (χ0n) is 16.4. The molecule has 3 heterocycles. The topological polar surface area (TPSA) is 87.2 Å². The van der Waals surface area contributed by atoms with Gasteiger partial charge in [-0.05, 0) is 51.1 Å². The summed E-state index contributed by atoms with van der Waals surface area (Å²) in [4.78, 5) is 35.2. The molecule has 3 aromatic rings. The summed E-state index contributed by atoms with van der Waals surface area (Å²) in [7, 11) is 0. The lowest BCUT2D eigenvalue weighted by atomic mass is 9.95. The molecule has 0 spiro atoms. The van der Waals surface area contributed by atoms with Gasteiger partial charge in [-0.3, -0.25) is 14.5 Å². The number of fused-ring (bicyclic) bond motifs is 1. The number of carbonyl (C=O) groups excluding carboxylic acids is 2. The highest BCUT2D eigenvalue weighted by atomic mass is 32.1. The maximum Gasteiger partial charge on any atom is 0.227 e. The van der Waals surface area contributed by atoms with Gasteiger partial charge in [0.2, 0.25) is 11.8 Å². The molecule has 0 aliphatic carbocycles. The standard InChI is InChI=1S/C20H23N5O2S2/c1-12(26)21-20-24-17-4-3-15(9-18(17)29-20)23-19(27)14-5-7-25(8-6-14)10-16-11-28-13(2)22-16/h3-4,9,11,14H,5-8,10H2,1-2H3,(H,23,27)(H,21,24,26). The Morgan fingerprint density at radius 1 is 1.21 bits per heavy atom. The first-order valence-corrected chi connectivity index (χ1v) is 11.3. The quantitative estimate of drug-likeness (QED) is 0.643. The number of benzene rings is 1. The molecule has 2 N–H and O–H groups in total. The molecule has 0 unspecified atom stereocenters. The molecule has 0 radical (unpaired) electrons. The minimum Gasteiger partial charge on any atom is -0.326 e. The second-order valence-corrected chi connectivity index (χ2v) is 9.37. The van der Waals surface area contributed by atoms with E-state index in [4.69, 9.17) is 0 Å². The molecule has 1 fully saturated rings. The number of hydrogen-bond donors (Lipinski definition) is 2. The van der Waals surface area contributed by atoms with Crippen LogP contribution in [-0.4, -0.2) is 39.8 Å². The minimum atomic E-state index is -0.145. The van der Waals surface area contributed by atoms with Crippen LogP contribution in [0.2, 0.25) is 0 Å². The van der Waals surface area contributed by atoms with E-state index in [2.05, 4.69) is 30.9 Å². The number of thiazole rings is 2. The fourth-order valence-corrected chi connectivity index (χ4v) is 5.07. The number of nitrogens with zero attached hydrogens (tertiary/aromatic N) is 3. The van der Waals surface area contributed by atoms with Crippen LogP contribution in [0.3, 0.4) is 0 Å². The highest BCUT2D eigenvalue weighted by molar-refractivity contribution is 7.22. The van der Waals surface area contributed by atoms with E-state index >= 15 is 0 Å². The van der Waals surface area contributed by atoms with Gasteiger partial charge in [-0.1, -0.05) is 11.3 Å². The summed E-state index contributed by atoms with van der Waals surface area (Å²) in [6.07, 6.45) is 1.70. The summed E-state index contributed by atoms with van der Waals surface area (Å²) >= 11 is 3.08. The highest BCUT2D eigenvalue weighted by Gasteiger charge is 2.25. The second-order valence-electron chi connectivity index (χ2n) is 7.28. The molecule has 7 nitrogen and oxygen atoms in total. The van der Waals surface area contributed by atoms with Crippen LogP contribution in [0.1, 0.15) is 30.5 Å². The number of anilines is 2. The lowest BCUT2D eigenvalue weighted by molar-refractivity contribution is -0.121. The van der Waals surface area contributed by atoms with Crippen LogP contribution in [0.4, 0.5) is 10.8 Å². The Morgan fingerprint density at radius 2 is 2.00 bits per heavy atom. The third-order valence-corrected chi connectivity index (χ3v) is 6.71. The normalized spacial score (nSPS) is 15.5. The number of amides is 2. The molecular formula is C20H23N5O2S2. The molecule has 1 aliphatic heterocycles. The van der Waals surface area contributed by atoms with Gasteiger partial charge in [0.05, 0.1) is 20.9 Å². The summed E-state index contributed by atoms with van der Waals surface area (Å²) in [6, 6.07) is 5.64. The number of piperidine rings is 1. The van der Waals surface area contributed by atoms with E-state index in [9.17, 15) is 9.59 Å². The van der Waals surface area contributed by atoms with Crippen LogP contribution < -0.4 is 10.6 Å². The van der Waals surface area contributed by atoms with E-state index in [1.807, 2.05) is 25.1 Å². The van der Waals surface area contributed by atoms with Gasteiger partial charge < -0.3 is 10.6 Å². The van der Waals surface area contributed by atoms with Crippen LogP contribution in [0.15, 0.2) is 23.6 Å². The molecule has 2 amide bonds. The molecule has 1 saturated heterocycles. The Labute approximate surface area is 177 Å². The summed E-state index contributed by atoms with van der Waals surface area (Å²) in [5.74, 6) is -0.0514. The van der Waals surface area contributed by atoms with E-state index < -0.39 is 0 Å². The first-order chi connectivity index (χ1) is 14.0. The van der Waals surface area contributed by atoms with E-state index in [1.165, 1.54) is 18.3 Å². The fraction of sp³-hybridized carbons (Fsp3) is 0.400. The molecule has 1 aromatic carbocycles. The maximum atomic E-state index is 12.7. The lowest BCUT2D eigenvalue weighted by Crippen LogP contribution is -2.37. The number of hydrogen-bond acceptors (Lipinski definition) is 7. The fourth-order valence-electron chi connectivity index (χ4n) is 3.51. The van der Waals surface area contributed by atoms with Gasteiger partial charge in [0.1, 0.15) is 0 Å². The van der Waals surface area contributed by atoms with Crippen LogP contribution >= 0.6 is 22.7 Å². The Kier molecular flexibility index (Phi) is 5.89. The molecule has 152 valence electrons. The van der Waals surface area contributed by atoms with Crippen molar-refractivity contribution in [1.82, 2.24) is 14.9 Å². The number of carbonyl (C=O) groups is 2. The highest BCUT2D eigenvalue weighted by Crippen LogP contribution is 2.29. The lowest BCUT2D eigenvalue weighted by Gasteiger charge is -2.30. The van der Waals surface area contributed by atoms with Crippen molar-refractivity contribution >= 4 is 55.5 Å². The smallest absolute Gasteiger partial charge is 0.227 e. The van der Waals surface area contributed by atoms with Crippen molar-refractivity contribution in [3.8, 4) is 0 Å².